The summed E-state index contributed by atoms with van der Waals surface area (Å²) in [6, 6.07) is -0.692. The summed E-state index contributed by atoms with van der Waals surface area (Å²) in [6.45, 7) is 7.32. The Morgan fingerprint density at radius 1 is 1.47 bits per heavy atom. The predicted octanol–water partition coefficient (Wildman–Crippen LogP) is 0.772. The van der Waals surface area contributed by atoms with E-state index in [0.717, 1.165) is 6.42 Å². The van der Waals surface area contributed by atoms with Gasteiger partial charge in [0.05, 0.1) is 6.04 Å². The highest BCUT2D eigenvalue weighted by Crippen LogP contribution is 2.41. The van der Waals surface area contributed by atoms with Crippen LogP contribution in [0.1, 0.15) is 40.5 Å². The van der Waals surface area contributed by atoms with Crippen LogP contribution in [-0.2, 0) is 9.53 Å². The van der Waals surface area contributed by atoms with E-state index in [2.05, 4.69) is 12.2 Å². The van der Waals surface area contributed by atoms with E-state index in [-0.39, 0.29) is 0 Å². The fourth-order valence-electron chi connectivity index (χ4n) is 1.98. The SMILES string of the molecule is C[C@H]1C[C@@H]1CC(NC(=O)OC(C)(C)C)C(O)C(N)=O. The maximum absolute atomic E-state index is 11.7. The Balaban J connectivity index is 2.58. The van der Waals surface area contributed by atoms with Crippen molar-refractivity contribution in [1.82, 2.24) is 5.32 Å². The van der Waals surface area contributed by atoms with E-state index in [4.69, 9.17) is 10.5 Å². The van der Waals surface area contributed by atoms with E-state index >= 15 is 0 Å². The average Bonchev–Trinajstić information content (AvgIpc) is 2.89. The Kier molecular flexibility index (Phi) is 4.79. The van der Waals surface area contributed by atoms with Gasteiger partial charge in [-0.2, -0.15) is 0 Å². The molecule has 1 saturated carbocycles. The number of hydrogen-bond acceptors (Lipinski definition) is 4. The summed E-state index contributed by atoms with van der Waals surface area (Å²) in [5.74, 6) is 0.131. The number of nitrogens with one attached hydrogen (secondary N) is 1. The number of carbonyl (C=O) groups excluding carboxylic acids is 2. The molecule has 0 saturated heterocycles. The minimum atomic E-state index is -1.39. The number of nitrogens with two attached hydrogens (primary N) is 1. The summed E-state index contributed by atoms with van der Waals surface area (Å²) < 4.78 is 5.11. The van der Waals surface area contributed by atoms with Crippen LogP contribution in [0.2, 0.25) is 0 Å². The standard InChI is InChI=1S/C13H24N2O4/c1-7-5-8(7)6-9(10(16)11(14)17)15-12(18)19-13(2,3)4/h7-10,16H,5-6H2,1-4H3,(H2,14,17)(H,15,18)/t7-,8+,9?,10?/m0/s1. The molecular formula is C13H24N2O4. The molecule has 0 spiro atoms. The molecule has 4 N–H and O–H groups in total. The van der Waals surface area contributed by atoms with Crippen molar-refractivity contribution in [3.05, 3.63) is 0 Å². The largest absolute Gasteiger partial charge is 0.444 e. The molecule has 4 atom stereocenters. The molecule has 1 aliphatic carbocycles. The number of aliphatic hydroxyl groups is 1. The van der Waals surface area contributed by atoms with Gasteiger partial charge in [-0.25, -0.2) is 4.79 Å². The Bertz CT molecular complexity index is 351. The molecule has 0 aromatic rings. The van der Waals surface area contributed by atoms with Crippen LogP contribution in [-0.4, -0.2) is 34.9 Å². The van der Waals surface area contributed by atoms with Gasteiger partial charge < -0.3 is 20.9 Å². The molecule has 1 aliphatic rings. The van der Waals surface area contributed by atoms with Crippen molar-refractivity contribution in [3.8, 4) is 0 Å². The number of carbonyl (C=O) groups is 2. The topological polar surface area (TPSA) is 102 Å². The molecule has 1 rings (SSSR count). The highest BCUT2D eigenvalue weighted by molar-refractivity contribution is 5.80. The van der Waals surface area contributed by atoms with Gasteiger partial charge in [0.25, 0.3) is 0 Å². The van der Waals surface area contributed by atoms with Gasteiger partial charge in [0, 0.05) is 0 Å². The summed E-state index contributed by atoms with van der Waals surface area (Å²) in [5.41, 5.74) is 4.46. The van der Waals surface area contributed by atoms with Crippen LogP contribution >= 0.6 is 0 Å². The van der Waals surface area contributed by atoms with Crippen molar-refractivity contribution in [1.29, 1.82) is 0 Å². The molecule has 6 nitrogen and oxygen atoms in total. The van der Waals surface area contributed by atoms with Gasteiger partial charge in [-0.15, -0.1) is 0 Å². The van der Waals surface area contributed by atoms with Crippen LogP contribution in [0.4, 0.5) is 4.79 Å². The molecule has 0 radical (unpaired) electrons. The summed E-state index contributed by atoms with van der Waals surface area (Å²) in [4.78, 5) is 22.8. The lowest BCUT2D eigenvalue weighted by atomic mass is 10.0. The normalized spacial score (nSPS) is 25.3. The quantitative estimate of drug-likeness (QED) is 0.688. The molecule has 0 heterocycles. The first kappa shape index (κ1) is 15.8. The third kappa shape index (κ3) is 5.46. The summed E-state index contributed by atoms with van der Waals surface area (Å²) in [6.07, 6.45) is -0.464. The second kappa shape index (κ2) is 5.77. The van der Waals surface area contributed by atoms with Gasteiger partial charge in [0.15, 0.2) is 6.10 Å². The first-order chi connectivity index (χ1) is 8.60. The molecule has 19 heavy (non-hydrogen) atoms. The molecule has 0 bridgehead atoms. The van der Waals surface area contributed by atoms with Gasteiger partial charge in [-0.05, 0) is 45.4 Å². The Morgan fingerprint density at radius 2 is 2.00 bits per heavy atom. The zero-order valence-corrected chi connectivity index (χ0v) is 12.0. The van der Waals surface area contributed by atoms with Crippen molar-refractivity contribution >= 4 is 12.0 Å². The molecule has 0 aromatic carbocycles. The predicted molar refractivity (Wildman–Crippen MR) is 70.2 cm³/mol. The molecular weight excluding hydrogens is 248 g/mol. The first-order valence-corrected chi connectivity index (χ1v) is 6.57. The number of primary amides is 1. The van der Waals surface area contributed by atoms with E-state index in [1.165, 1.54) is 0 Å². The van der Waals surface area contributed by atoms with Gasteiger partial charge >= 0.3 is 6.09 Å². The van der Waals surface area contributed by atoms with Crippen molar-refractivity contribution in [2.24, 2.45) is 17.6 Å². The van der Waals surface area contributed by atoms with Crippen LogP contribution in [0.5, 0.6) is 0 Å². The third-order valence-electron chi connectivity index (χ3n) is 3.21. The molecule has 0 aromatic heterocycles. The smallest absolute Gasteiger partial charge is 0.407 e. The van der Waals surface area contributed by atoms with Gasteiger partial charge in [0.2, 0.25) is 5.91 Å². The zero-order chi connectivity index (χ0) is 14.8. The summed E-state index contributed by atoms with van der Waals surface area (Å²) >= 11 is 0. The molecule has 1 fully saturated rings. The van der Waals surface area contributed by atoms with E-state index in [1.807, 2.05) is 0 Å². The van der Waals surface area contributed by atoms with E-state index in [9.17, 15) is 14.7 Å². The third-order valence-corrected chi connectivity index (χ3v) is 3.21. The number of amides is 2. The maximum Gasteiger partial charge on any atom is 0.407 e. The molecule has 2 amide bonds. The number of aliphatic hydroxyl groups excluding tert-OH is 1. The minimum Gasteiger partial charge on any atom is -0.444 e. The molecule has 6 heteroatoms. The number of hydrogen-bond donors (Lipinski definition) is 3. The van der Waals surface area contributed by atoms with E-state index in [0.29, 0.717) is 18.3 Å². The van der Waals surface area contributed by atoms with Gasteiger partial charge in [-0.1, -0.05) is 6.92 Å². The van der Waals surface area contributed by atoms with Crippen LogP contribution in [0.25, 0.3) is 0 Å². The van der Waals surface area contributed by atoms with Crippen LogP contribution in [0, 0.1) is 11.8 Å². The Labute approximate surface area is 113 Å². The Morgan fingerprint density at radius 3 is 2.37 bits per heavy atom. The monoisotopic (exact) mass is 272 g/mol. The van der Waals surface area contributed by atoms with Crippen LogP contribution < -0.4 is 11.1 Å². The van der Waals surface area contributed by atoms with E-state index < -0.39 is 29.7 Å². The lowest BCUT2D eigenvalue weighted by Gasteiger charge is -2.25. The second-order valence-corrected chi connectivity index (χ2v) is 6.31. The lowest BCUT2D eigenvalue weighted by molar-refractivity contribution is -0.127. The fourth-order valence-corrected chi connectivity index (χ4v) is 1.98. The average molecular weight is 272 g/mol. The summed E-state index contributed by atoms with van der Waals surface area (Å²) in [5, 5.41) is 12.3. The van der Waals surface area contributed by atoms with Crippen molar-refractivity contribution in [3.63, 3.8) is 0 Å². The highest BCUT2D eigenvalue weighted by atomic mass is 16.6. The van der Waals surface area contributed by atoms with Crippen LogP contribution in [0.15, 0.2) is 0 Å². The van der Waals surface area contributed by atoms with Gasteiger partial charge in [-0.3, -0.25) is 4.79 Å². The minimum absolute atomic E-state index is 0.411. The molecule has 0 aliphatic heterocycles. The number of ether oxygens (including phenoxy) is 1. The van der Waals surface area contributed by atoms with E-state index in [1.54, 1.807) is 20.8 Å². The van der Waals surface area contributed by atoms with Crippen LogP contribution in [0.3, 0.4) is 0 Å². The zero-order valence-electron chi connectivity index (χ0n) is 12.0. The first-order valence-electron chi connectivity index (χ1n) is 6.57. The number of alkyl carbamates (subject to hydrolysis) is 1. The second-order valence-electron chi connectivity index (χ2n) is 6.31. The molecule has 2 unspecified atom stereocenters. The lowest BCUT2D eigenvalue weighted by Crippen LogP contribution is -2.50. The molecule has 110 valence electrons. The van der Waals surface area contributed by atoms with Gasteiger partial charge in [0.1, 0.15) is 5.60 Å². The fraction of sp³-hybridized carbons (Fsp3) is 0.846. The summed E-state index contributed by atoms with van der Waals surface area (Å²) in [7, 11) is 0. The number of rotatable bonds is 5. The van der Waals surface area contributed by atoms with Crippen molar-refractivity contribution in [2.75, 3.05) is 0 Å². The van der Waals surface area contributed by atoms with Crippen molar-refractivity contribution in [2.45, 2.75) is 58.3 Å². The highest BCUT2D eigenvalue weighted by Gasteiger charge is 2.38. The van der Waals surface area contributed by atoms with Crippen molar-refractivity contribution < 1.29 is 19.4 Å². The maximum atomic E-state index is 11.7. The Hall–Kier alpha value is -1.30.